The summed E-state index contributed by atoms with van der Waals surface area (Å²) in [6.07, 6.45) is 2.78. The molecule has 4 nitrogen and oxygen atoms in total. The van der Waals surface area contributed by atoms with Crippen molar-refractivity contribution < 1.29 is 14.3 Å². The first-order valence-electron chi connectivity index (χ1n) is 9.76. The van der Waals surface area contributed by atoms with Crippen molar-refractivity contribution in [1.82, 2.24) is 0 Å². The molecule has 1 heterocycles. The predicted octanol–water partition coefficient (Wildman–Crippen LogP) is 4.04. The molecule has 0 radical (unpaired) electrons. The first kappa shape index (κ1) is 19.4. The Balaban J connectivity index is 1.85. The lowest BCUT2D eigenvalue weighted by Crippen LogP contribution is -2.42. The second-order valence-electron chi connectivity index (χ2n) is 7.52. The molecule has 0 amide bonds. The van der Waals surface area contributed by atoms with E-state index >= 15 is 0 Å². The lowest BCUT2D eigenvalue weighted by molar-refractivity contribution is -0.155. The molecule has 2 N–H and O–H groups in total. The molecule has 0 aliphatic carbocycles. The number of benzene rings is 2. The van der Waals surface area contributed by atoms with Gasteiger partial charge in [-0.15, -0.1) is 0 Å². The van der Waals surface area contributed by atoms with Gasteiger partial charge in [0.1, 0.15) is 24.0 Å². The highest BCUT2D eigenvalue weighted by atomic mass is 16.6. The normalized spacial score (nSPS) is 26.4. The number of para-hydroxylation sites is 1. The number of esters is 1. The van der Waals surface area contributed by atoms with Crippen LogP contribution >= 0.6 is 0 Å². The molecule has 2 aromatic carbocycles. The number of cyclic esters (lactones) is 1. The molecule has 0 bridgehead atoms. The Bertz CT molecular complexity index is 729. The van der Waals surface area contributed by atoms with Gasteiger partial charge >= 0.3 is 5.97 Å². The Kier molecular flexibility index (Phi) is 6.51. The molecule has 2 unspecified atom stereocenters. The number of ether oxygens (including phenoxy) is 2. The zero-order valence-corrected chi connectivity index (χ0v) is 16.1. The van der Waals surface area contributed by atoms with Crippen molar-refractivity contribution in [2.45, 2.75) is 57.8 Å². The van der Waals surface area contributed by atoms with Gasteiger partial charge in [-0.2, -0.15) is 0 Å². The zero-order chi connectivity index (χ0) is 19.2. The van der Waals surface area contributed by atoms with Crippen LogP contribution in [0.25, 0.3) is 0 Å². The summed E-state index contributed by atoms with van der Waals surface area (Å²) < 4.78 is 12.0. The number of carbonyl (C=O) groups excluding carboxylic acids is 1. The van der Waals surface area contributed by atoms with Crippen molar-refractivity contribution in [2.75, 3.05) is 0 Å². The molecular weight excluding hydrogens is 338 g/mol. The van der Waals surface area contributed by atoms with Crippen LogP contribution in [0.4, 0.5) is 0 Å². The minimum absolute atomic E-state index is 0.219. The minimum Gasteiger partial charge on any atom is -0.486 e. The molecular formula is C23H29NO3. The number of hydrogen-bond acceptors (Lipinski definition) is 4. The maximum atomic E-state index is 12.2. The van der Waals surface area contributed by atoms with Crippen molar-refractivity contribution in [3.05, 3.63) is 65.7 Å². The maximum Gasteiger partial charge on any atom is 0.323 e. The predicted molar refractivity (Wildman–Crippen MR) is 107 cm³/mol. The molecule has 144 valence electrons. The number of carbonyl (C=O) groups is 1. The highest BCUT2D eigenvalue weighted by Crippen LogP contribution is 2.28. The van der Waals surface area contributed by atoms with E-state index in [1.807, 2.05) is 37.3 Å². The molecule has 1 fully saturated rings. The van der Waals surface area contributed by atoms with Crippen LogP contribution in [0, 0.1) is 12.8 Å². The molecule has 1 aliphatic heterocycles. The molecule has 0 saturated carbocycles. The van der Waals surface area contributed by atoms with Gasteiger partial charge < -0.3 is 15.2 Å². The summed E-state index contributed by atoms with van der Waals surface area (Å²) in [6, 6.07) is 17.8. The number of aryl methyl sites for hydroxylation is 1. The molecule has 1 aliphatic rings. The average Bonchev–Trinajstić information content (AvgIpc) is 2.71. The average molecular weight is 367 g/mol. The van der Waals surface area contributed by atoms with Gasteiger partial charge in [0.15, 0.2) is 0 Å². The summed E-state index contributed by atoms with van der Waals surface area (Å²) in [4.78, 5) is 12.2. The summed E-state index contributed by atoms with van der Waals surface area (Å²) in [7, 11) is 0. The van der Waals surface area contributed by atoms with E-state index in [1.54, 1.807) is 0 Å². The van der Waals surface area contributed by atoms with Crippen molar-refractivity contribution in [2.24, 2.45) is 11.7 Å². The van der Waals surface area contributed by atoms with E-state index in [-0.39, 0.29) is 24.1 Å². The lowest BCUT2D eigenvalue weighted by Gasteiger charge is -2.31. The molecule has 4 atom stereocenters. The van der Waals surface area contributed by atoms with Gasteiger partial charge in [0.25, 0.3) is 0 Å². The first-order chi connectivity index (χ1) is 13.0. The first-order valence-corrected chi connectivity index (χ1v) is 9.76. The Labute approximate surface area is 161 Å². The van der Waals surface area contributed by atoms with E-state index in [4.69, 9.17) is 15.2 Å². The number of rotatable bonds is 4. The van der Waals surface area contributed by atoms with E-state index in [0.29, 0.717) is 6.42 Å². The Morgan fingerprint density at radius 2 is 1.78 bits per heavy atom. The quantitative estimate of drug-likeness (QED) is 0.829. The lowest BCUT2D eigenvalue weighted by atomic mass is 9.86. The monoisotopic (exact) mass is 367 g/mol. The molecule has 1 saturated heterocycles. The van der Waals surface area contributed by atoms with Crippen LogP contribution in [-0.2, 0) is 16.0 Å². The highest BCUT2D eigenvalue weighted by Gasteiger charge is 2.34. The van der Waals surface area contributed by atoms with Crippen LogP contribution in [0.15, 0.2) is 54.6 Å². The molecule has 0 aromatic heterocycles. The van der Waals surface area contributed by atoms with Crippen molar-refractivity contribution in [3.8, 4) is 5.75 Å². The van der Waals surface area contributed by atoms with Gasteiger partial charge in [0.05, 0.1) is 0 Å². The fraction of sp³-hybridized carbons (Fsp3) is 0.435. The SMILES string of the molecule is Cc1ccc(CC2CCC[C@H](N)C(=O)OC(C)[C@@H]2Oc2ccccc2)cc1. The number of nitrogens with two attached hydrogens (primary N) is 1. The topological polar surface area (TPSA) is 61.6 Å². The second-order valence-corrected chi connectivity index (χ2v) is 7.52. The molecule has 0 spiro atoms. The van der Waals surface area contributed by atoms with Gasteiger partial charge in [-0.3, -0.25) is 4.79 Å². The Morgan fingerprint density at radius 1 is 1.07 bits per heavy atom. The van der Waals surface area contributed by atoms with Crippen LogP contribution in [0.2, 0.25) is 0 Å². The van der Waals surface area contributed by atoms with Crippen molar-refractivity contribution in [1.29, 1.82) is 0 Å². The second kappa shape index (κ2) is 9.05. The third-order valence-electron chi connectivity index (χ3n) is 5.26. The standard InChI is InChI=1S/C23H29NO3/c1-16-11-13-18(14-12-16)15-19-7-6-10-21(24)23(25)26-17(2)22(19)27-20-8-4-3-5-9-20/h3-5,8-9,11-14,17,19,21-22H,6-7,10,15,24H2,1-2H3/t17?,19?,21-,22-/m0/s1. The molecule has 2 aromatic rings. The Hall–Kier alpha value is -2.33. The zero-order valence-electron chi connectivity index (χ0n) is 16.1. The van der Waals surface area contributed by atoms with Gasteiger partial charge in [-0.1, -0.05) is 54.4 Å². The third-order valence-corrected chi connectivity index (χ3v) is 5.26. The summed E-state index contributed by atoms with van der Waals surface area (Å²) in [5, 5.41) is 0. The Morgan fingerprint density at radius 3 is 2.48 bits per heavy atom. The van der Waals surface area contributed by atoms with E-state index < -0.39 is 6.04 Å². The summed E-state index contributed by atoms with van der Waals surface area (Å²) in [5.74, 6) is 0.698. The summed E-state index contributed by atoms with van der Waals surface area (Å²) >= 11 is 0. The third kappa shape index (κ3) is 5.33. The molecule has 4 heteroatoms. The highest BCUT2D eigenvalue weighted by molar-refractivity contribution is 5.75. The van der Waals surface area contributed by atoms with Gasteiger partial charge in [0.2, 0.25) is 0 Å². The van der Waals surface area contributed by atoms with Crippen LogP contribution in [0.3, 0.4) is 0 Å². The summed E-state index contributed by atoms with van der Waals surface area (Å²) in [5.41, 5.74) is 8.50. The van der Waals surface area contributed by atoms with E-state index in [1.165, 1.54) is 11.1 Å². The number of hydrogen-bond donors (Lipinski definition) is 1. The maximum absolute atomic E-state index is 12.2. The molecule has 27 heavy (non-hydrogen) atoms. The van der Waals surface area contributed by atoms with Crippen molar-refractivity contribution in [3.63, 3.8) is 0 Å². The van der Waals surface area contributed by atoms with Crippen LogP contribution < -0.4 is 10.5 Å². The van der Waals surface area contributed by atoms with E-state index in [0.717, 1.165) is 25.0 Å². The minimum atomic E-state index is -0.553. The fourth-order valence-corrected chi connectivity index (χ4v) is 3.70. The van der Waals surface area contributed by atoms with Crippen molar-refractivity contribution >= 4 is 5.97 Å². The smallest absolute Gasteiger partial charge is 0.323 e. The van der Waals surface area contributed by atoms with E-state index in [2.05, 4.69) is 31.2 Å². The van der Waals surface area contributed by atoms with Gasteiger partial charge in [-0.25, -0.2) is 0 Å². The van der Waals surface area contributed by atoms with Gasteiger partial charge in [0, 0.05) is 5.92 Å². The molecule has 3 rings (SSSR count). The van der Waals surface area contributed by atoms with Crippen LogP contribution in [0.1, 0.15) is 37.3 Å². The van der Waals surface area contributed by atoms with Crippen LogP contribution in [0.5, 0.6) is 5.75 Å². The fourth-order valence-electron chi connectivity index (χ4n) is 3.70. The summed E-state index contributed by atoms with van der Waals surface area (Å²) in [6.45, 7) is 4.00. The largest absolute Gasteiger partial charge is 0.486 e. The van der Waals surface area contributed by atoms with Gasteiger partial charge in [-0.05, 0) is 50.8 Å². The van der Waals surface area contributed by atoms with Crippen LogP contribution in [-0.4, -0.2) is 24.2 Å². The van der Waals surface area contributed by atoms with E-state index in [9.17, 15) is 4.79 Å².